The summed E-state index contributed by atoms with van der Waals surface area (Å²) in [4.78, 5) is 12.6. The molecule has 26 heavy (non-hydrogen) atoms. The van der Waals surface area contributed by atoms with Crippen molar-refractivity contribution in [1.29, 1.82) is 0 Å². The Morgan fingerprint density at radius 1 is 0.962 bits per heavy atom. The van der Waals surface area contributed by atoms with Crippen LogP contribution in [0.2, 0.25) is 5.02 Å². The van der Waals surface area contributed by atoms with Crippen LogP contribution in [0.4, 0.5) is 0 Å². The van der Waals surface area contributed by atoms with E-state index in [-0.39, 0.29) is 14.1 Å². The Morgan fingerprint density at radius 3 is 2.38 bits per heavy atom. The summed E-state index contributed by atoms with van der Waals surface area (Å²) < 4.78 is 11.0. The second-order valence-corrected chi connectivity index (χ2v) is 7.26. The van der Waals surface area contributed by atoms with Crippen molar-refractivity contribution in [3.63, 3.8) is 0 Å². The minimum absolute atomic E-state index is 0.0361. The number of carbonyl (C=O) groups is 1. The first kappa shape index (κ1) is 18.4. The van der Waals surface area contributed by atoms with Crippen LogP contribution >= 0.6 is 20.2 Å². The van der Waals surface area contributed by atoms with E-state index in [1.807, 2.05) is 54.6 Å². The minimum Gasteiger partial charge on any atom is -0.496 e. The van der Waals surface area contributed by atoms with E-state index in [2.05, 4.69) is 0 Å². The monoisotopic (exact) mass is 384 g/mol. The molecule has 3 aromatic rings. The van der Waals surface area contributed by atoms with Gasteiger partial charge < -0.3 is 9.47 Å². The highest BCUT2D eigenvalue weighted by molar-refractivity contribution is 7.66. The molecule has 3 rings (SSSR count). The van der Waals surface area contributed by atoms with E-state index in [1.54, 1.807) is 18.2 Å². The molecule has 3 aromatic carbocycles. The molecule has 0 saturated heterocycles. The van der Waals surface area contributed by atoms with Gasteiger partial charge >= 0.3 is 0 Å². The Kier molecular flexibility index (Phi) is 6.27. The van der Waals surface area contributed by atoms with Crippen LogP contribution in [-0.4, -0.2) is 12.6 Å². The van der Waals surface area contributed by atoms with Gasteiger partial charge in [0.1, 0.15) is 18.1 Å². The summed E-state index contributed by atoms with van der Waals surface area (Å²) in [6.07, 6.45) is 0. The number of rotatable bonds is 7. The quantitative estimate of drug-likeness (QED) is 0.533. The standard InChI is InChI=1S/C21H18ClO3P/c1-24-19-9-5-8-18(22)20(19)21(23)26-17-12-10-16(11-13-17)25-14-15-6-3-2-4-7-15/h2-13,26H,14H2,1H3. The smallest absolute Gasteiger partial charge is 0.190 e. The SMILES string of the molecule is COc1cccc(Cl)c1C(=O)Pc1ccc(OCc2ccccc2)cc1. The Labute approximate surface area is 159 Å². The number of benzene rings is 3. The summed E-state index contributed by atoms with van der Waals surface area (Å²) in [5.41, 5.74) is 1.49. The predicted octanol–water partition coefficient (Wildman–Crippen LogP) is 5.07. The molecule has 0 aliphatic carbocycles. The van der Waals surface area contributed by atoms with Crippen LogP contribution in [-0.2, 0) is 6.61 Å². The third-order valence-corrected chi connectivity index (χ3v) is 5.20. The van der Waals surface area contributed by atoms with E-state index < -0.39 is 0 Å². The summed E-state index contributed by atoms with van der Waals surface area (Å²) in [5.74, 6) is 1.27. The van der Waals surface area contributed by atoms with Gasteiger partial charge in [-0.1, -0.05) is 60.1 Å². The average molecular weight is 385 g/mol. The van der Waals surface area contributed by atoms with Gasteiger partial charge in [0.25, 0.3) is 0 Å². The van der Waals surface area contributed by atoms with E-state index in [0.29, 0.717) is 22.9 Å². The van der Waals surface area contributed by atoms with Gasteiger partial charge in [-0.2, -0.15) is 0 Å². The molecule has 5 heteroatoms. The van der Waals surface area contributed by atoms with Crippen LogP contribution in [0.3, 0.4) is 0 Å². The van der Waals surface area contributed by atoms with Crippen molar-refractivity contribution < 1.29 is 14.3 Å². The first-order valence-corrected chi connectivity index (χ1v) is 9.46. The van der Waals surface area contributed by atoms with E-state index in [4.69, 9.17) is 21.1 Å². The fourth-order valence-electron chi connectivity index (χ4n) is 2.46. The average Bonchev–Trinajstić information content (AvgIpc) is 2.68. The molecule has 1 unspecified atom stereocenters. The van der Waals surface area contributed by atoms with Gasteiger partial charge in [-0.3, -0.25) is 4.79 Å². The normalized spacial score (nSPS) is 10.8. The van der Waals surface area contributed by atoms with Gasteiger partial charge in [-0.15, -0.1) is 0 Å². The Bertz CT molecular complexity index is 880. The zero-order valence-corrected chi connectivity index (χ0v) is 16.0. The van der Waals surface area contributed by atoms with E-state index >= 15 is 0 Å². The van der Waals surface area contributed by atoms with Crippen molar-refractivity contribution in [2.24, 2.45) is 0 Å². The predicted molar refractivity (Wildman–Crippen MR) is 107 cm³/mol. The van der Waals surface area contributed by atoms with Crippen LogP contribution in [0.5, 0.6) is 11.5 Å². The van der Waals surface area contributed by atoms with Gasteiger partial charge in [-0.25, -0.2) is 0 Å². The highest BCUT2D eigenvalue weighted by Crippen LogP contribution is 2.32. The third kappa shape index (κ3) is 4.63. The van der Waals surface area contributed by atoms with Crippen LogP contribution in [0.25, 0.3) is 0 Å². The summed E-state index contributed by atoms with van der Waals surface area (Å²) in [5, 5.41) is 1.33. The van der Waals surface area contributed by atoms with E-state index in [1.165, 1.54) is 7.11 Å². The van der Waals surface area contributed by atoms with Crippen molar-refractivity contribution in [3.05, 3.63) is 88.9 Å². The number of halogens is 1. The molecule has 0 heterocycles. The van der Waals surface area contributed by atoms with Crippen LogP contribution < -0.4 is 14.8 Å². The van der Waals surface area contributed by atoms with Crippen LogP contribution in [0.15, 0.2) is 72.8 Å². The molecule has 0 aliphatic rings. The molecule has 0 aromatic heterocycles. The van der Waals surface area contributed by atoms with Gasteiger partial charge in [0, 0.05) is 0 Å². The lowest BCUT2D eigenvalue weighted by molar-refractivity contribution is 0.108. The Morgan fingerprint density at radius 2 is 1.69 bits per heavy atom. The highest BCUT2D eigenvalue weighted by atomic mass is 35.5. The highest BCUT2D eigenvalue weighted by Gasteiger charge is 2.16. The number of ether oxygens (including phenoxy) is 2. The molecule has 0 saturated carbocycles. The lowest BCUT2D eigenvalue weighted by Gasteiger charge is -2.10. The maximum Gasteiger partial charge on any atom is 0.190 e. The second-order valence-electron chi connectivity index (χ2n) is 5.57. The molecule has 0 aliphatic heterocycles. The number of carbonyl (C=O) groups excluding carboxylic acids is 1. The maximum absolute atomic E-state index is 12.6. The largest absolute Gasteiger partial charge is 0.496 e. The molecule has 3 nitrogen and oxygen atoms in total. The molecular weight excluding hydrogens is 367 g/mol. The number of methoxy groups -OCH3 is 1. The van der Waals surface area contributed by atoms with Crippen molar-refractivity contribution in [3.8, 4) is 11.5 Å². The Hall–Kier alpha value is -2.35. The lowest BCUT2D eigenvalue weighted by atomic mass is 10.2. The minimum atomic E-state index is -0.0506. The molecule has 0 amide bonds. The van der Waals surface area contributed by atoms with Crippen molar-refractivity contribution in [2.45, 2.75) is 6.61 Å². The van der Waals surface area contributed by atoms with Crippen LogP contribution in [0, 0.1) is 0 Å². The molecule has 0 bridgehead atoms. The fourth-order valence-corrected chi connectivity index (χ4v) is 3.77. The van der Waals surface area contributed by atoms with Crippen molar-refractivity contribution in [1.82, 2.24) is 0 Å². The van der Waals surface area contributed by atoms with E-state index in [9.17, 15) is 4.79 Å². The molecule has 132 valence electrons. The first-order chi connectivity index (χ1) is 12.7. The maximum atomic E-state index is 12.6. The first-order valence-electron chi connectivity index (χ1n) is 8.08. The van der Waals surface area contributed by atoms with Gasteiger partial charge in [0.05, 0.1) is 17.7 Å². The lowest BCUT2D eigenvalue weighted by Crippen LogP contribution is -2.04. The molecular formula is C21H18ClO3P. The molecule has 0 radical (unpaired) electrons. The summed E-state index contributed by atoms with van der Waals surface area (Å²) in [7, 11) is 1.50. The second kappa shape index (κ2) is 8.84. The fraction of sp³-hybridized carbons (Fsp3) is 0.0952. The Balaban J connectivity index is 1.65. The van der Waals surface area contributed by atoms with Gasteiger partial charge in [0.15, 0.2) is 5.52 Å². The van der Waals surface area contributed by atoms with Crippen molar-refractivity contribution >= 4 is 31.0 Å². The molecule has 0 fully saturated rings. The molecule has 1 atom stereocenters. The zero-order chi connectivity index (χ0) is 18.4. The number of hydrogen-bond acceptors (Lipinski definition) is 3. The molecule has 0 N–H and O–H groups in total. The van der Waals surface area contributed by atoms with Crippen molar-refractivity contribution in [2.75, 3.05) is 7.11 Å². The van der Waals surface area contributed by atoms with Crippen LogP contribution in [0.1, 0.15) is 15.9 Å². The number of hydrogen-bond donors (Lipinski definition) is 0. The molecule has 0 spiro atoms. The third-order valence-electron chi connectivity index (χ3n) is 3.78. The summed E-state index contributed by atoms with van der Waals surface area (Å²) in [6.45, 7) is 0.512. The summed E-state index contributed by atoms with van der Waals surface area (Å²) >= 11 is 6.18. The van der Waals surface area contributed by atoms with Gasteiger partial charge in [-0.05, 0) is 43.7 Å². The van der Waals surface area contributed by atoms with E-state index in [0.717, 1.165) is 16.6 Å². The topological polar surface area (TPSA) is 35.5 Å². The van der Waals surface area contributed by atoms with Gasteiger partial charge in [0.2, 0.25) is 0 Å². The zero-order valence-electron chi connectivity index (χ0n) is 14.2. The summed E-state index contributed by atoms with van der Waals surface area (Å²) in [6, 6.07) is 22.7.